The normalized spacial score (nSPS) is 10.9. The largest absolute Gasteiger partial charge is 0.445 e. The first kappa shape index (κ1) is 27.4. The van der Waals surface area contributed by atoms with Crippen molar-refractivity contribution in [3.05, 3.63) is 94.5 Å². The Morgan fingerprint density at radius 2 is 1.53 bits per heavy atom. The minimum atomic E-state index is -0.679. The first-order valence-corrected chi connectivity index (χ1v) is 12.6. The van der Waals surface area contributed by atoms with Crippen LogP contribution in [0.4, 0.5) is 16.2 Å². The zero-order valence-corrected chi connectivity index (χ0v) is 21.0. The molecule has 0 radical (unpaired) electrons. The predicted molar refractivity (Wildman–Crippen MR) is 142 cm³/mol. The fourth-order valence-corrected chi connectivity index (χ4v) is 3.36. The number of nitrogens with one attached hydrogen (secondary N) is 2. The average Bonchev–Trinajstić information content (AvgIpc) is 2.84. The lowest BCUT2D eigenvalue weighted by Crippen LogP contribution is -2.44. The Labute approximate surface area is 214 Å². The van der Waals surface area contributed by atoms with Gasteiger partial charge >= 0.3 is 6.09 Å². The molecule has 3 aromatic carbocycles. The molecule has 2 amide bonds. The smallest absolute Gasteiger partial charge is 0.408 e. The third-order valence-corrected chi connectivity index (χ3v) is 5.56. The highest BCUT2D eigenvalue weighted by Crippen LogP contribution is 2.14. The lowest BCUT2D eigenvalue weighted by atomic mass is 10.2. The number of carbonyl (C=O) groups excluding carboxylic acids is 2. The molecule has 0 aliphatic rings. The van der Waals surface area contributed by atoms with Crippen LogP contribution in [0.5, 0.6) is 0 Å². The third-order valence-electron chi connectivity index (χ3n) is 4.41. The van der Waals surface area contributed by atoms with Gasteiger partial charge in [0.2, 0.25) is 5.91 Å². The fraction of sp³-hybridized carbons (Fsp3) is 0.200. The molecule has 3 aromatic rings. The summed E-state index contributed by atoms with van der Waals surface area (Å²) in [5.41, 5.74) is 7.61. The van der Waals surface area contributed by atoms with Crippen molar-refractivity contribution in [2.24, 2.45) is 0 Å². The monoisotopic (exact) mass is 519 g/mol. The van der Waals surface area contributed by atoms with E-state index in [2.05, 4.69) is 10.6 Å². The fourth-order valence-electron chi connectivity index (χ4n) is 2.64. The van der Waals surface area contributed by atoms with Crippen LogP contribution in [0.3, 0.4) is 0 Å². The summed E-state index contributed by atoms with van der Waals surface area (Å²) in [6.07, 6.45) is 1.83. The topological polar surface area (TPSA) is 93.4 Å². The number of nitrogen functional groups attached to an aromatic ring is 1. The summed E-state index contributed by atoms with van der Waals surface area (Å²) in [4.78, 5) is 24.5. The number of benzene rings is 3. The van der Waals surface area contributed by atoms with Crippen molar-refractivity contribution in [1.29, 1.82) is 0 Å². The van der Waals surface area contributed by atoms with Crippen molar-refractivity contribution < 1.29 is 14.3 Å². The van der Waals surface area contributed by atoms with Crippen molar-refractivity contribution in [3.8, 4) is 0 Å². The lowest BCUT2D eigenvalue weighted by molar-refractivity contribution is -0.118. The second-order valence-corrected chi connectivity index (χ2v) is 8.95. The molecule has 0 aromatic heterocycles. The SMILES string of the molecule is CSCC[C@@H](NC(=O)OCc1ccccc1)C(=O)Nc1ccc(Cl)cc1.Nc1ccc(Cl)cc1. The molecule has 0 saturated carbocycles. The van der Waals surface area contributed by atoms with Gasteiger partial charge in [-0.25, -0.2) is 4.79 Å². The molecule has 9 heteroatoms. The maximum absolute atomic E-state index is 12.5. The first-order chi connectivity index (χ1) is 16.4. The maximum Gasteiger partial charge on any atom is 0.408 e. The van der Waals surface area contributed by atoms with Gasteiger partial charge in [-0.2, -0.15) is 11.8 Å². The van der Waals surface area contributed by atoms with Gasteiger partial charge in [0.15, 0.2) is 0 Å². The number of nitrogens with two attached hydrogens (primary N) is 1. The molecule has 0 saturated heterocycles. The molecule has 3 rings (SSSR count). The Balaban J connectivity index is 0.000000430. The average molecular weight is 520 g/mol. The number of ether oxygens (including phenoxy) is 1. The number of hydrogen-bond donors (Lipinski definition) is 3. The van der Waals surface area contributed by atoms with E-state index in [-0.39, 0.29) is 12.5 Å². The molecular weight excluding hydrogens is 493 g/mol. The summed E-state index contributed by atoms with van der Waals surface area (Å²) in [7, 11) is 0. The van der Waals surface area contributed by atoms with Crippen LogP contribution in [0.15, 0.2) is 78.9 Å². The van der Waals surface area contributed by atoms with E-state index >= 15 is 0 Å². The lowest BCUT2D eigenvalue weighted by Gasteiger charge is -2.18. The van der Waals surface area contributed by atoms with Gasteiger partial charge in [0.25, 0.3) is 0 Å². The number of thioether (sulfide) groups is 1. The Kier molecular flexibility index (Phi) is 12.2. The van der Waals surface area contributed by atoms with Gasteiger partial charge < -0.3 is 21.1 Å². The van der Waals surface area contributed by atoms with Gasteiger partial charge in [0, 0.05) is 21.4 Å². The highest BCUT2D eigenvalue weighted by Gasteiger charge is 2.21. The minimum Gasteiger partial charge on any atom is -0.445 e. The highest BCUT2D eigenvalue weighted by atomic mass is 35.5. The van der Waals surface area contributed by atoms with Crippen molar-refractivity contribution in [1.82, 2.24) is 5.32 Å². The number of alkyl carbamates (subject to hydrolysis) is 1. The molecule has 34 heavy (non-hydrogen) atoms. The van der Waals surface area contributed by atoms with Crippen LogP contribution in [-0.2, 0) is 16.1 Å². The van der Waals surface area contributed by atoms with Gasteiger partial charge in [0.05, 0.1) is 0 Å². The Hall–Kier alpha value is -2.87. The van der Waals surface area contributed by atoms with E-state index in [1.807, 2.05) is 36.6 Å². The van der Waals surface area contributed by atoms with Crippen LogP contribution < -0.4 is 16.4 Å². The van der Waals surface area contributed by atoms with E-state index in [1.54, 1.807) is 60.3 Å². The van der Waals surface area contributed by atoms with E-state index in [0.29, 0.717) is 17.1 Å². The zero-order chi connectivity index (χ0) is 24.8. The first-order valence-electron chi connectivity index (χ1n) is 10.4. The van der Waals surface area contributed by atoms with E-state index in [9.17, 15) is 9.59 Å². The Bertz CT molecular complexity index is 999. The van der Waals surface area contributed by atoms with Crippen molar-refractivity contribution in [2.75, 3.05) is 23.1 Å². The molecule has 0 unspecified atom stereocenters. The zero-order valence-electron chi connectivity index (χ0n) is 18.7. The van der Waals surface area contributed by atoms with Gasteiger partial charge in [-0.1, -0.05) is 53.5 Å². The van der Waals surface area contributed by atoms with E-state index < -0.39 is 12.1 Å². The molecule has 0 spiro atoms. The Morgan fingerprint density at radius 1 is 0.941 bits per heavy atom. The van der Waals surface area contributed by atoms with Crippen LogP contribution in [-0.4, -0.2) is 30.1 Å². The summed E-state index contributed by atoms with van der Waals surface area (Å²) >= 11 is 13.0. The molecule has 0 fully saturated rings. The van der Waals surface area contributed by atoms with Crippen molar-refractivity contribution in [3.63, 3.8) is 0 Å². The van der Waals surface area contributed by atoms with Crippen LogP contribution in [0.25, 0.3) is 0 Å². The van der Waals surface area contributed by atoms with Crippen molar-refractivity contribution in [2.45, 2.75) is 19.1 Å². The summed E-state index contributed by atoms with van der Waals surface area (Å²) in [5.74, 6) is 0.440. The number of carbonyl (C=O) groups is 2. The molecule has 4 N–H and O–H groups in total. The van der Waals surface area contributed by atoms with Gasteiger partial charge in [-0.3, -0.25) is 4.79 Å². The number of anilines is 2. The second kappa shape index (κ2) is 15.1. The molecule has 180 valence electrons. The Morgan fingerprint density at radius 3 is 2.09 bits per heavy atom. The summed E-state index contributed by atoms with van der Waals surface area (Å²) in [6.45, 7) is 0.153. The van der Waals surface area contributed by atoms with Gasteiger partial charge in [-0.05, 0) is 72.5 Å². The molecular formula is C25H27Cl2N3O3S. The maximum atomic E-state index is 12.5. The van der Waals surface area contributed by atoms with Gasteiger partial charge in [0.1, 0.15) is 12.6 Å². The summed E-state index contributed by atoms with van der Waals surface area (Å²) in [6, 6.07) is 22.5. The number of halogens is 2. The highest BCUT2D eigenvalue weighted by molar-refractivity contribution is 7.98. The number of rotatable bonds is 8. The molecule has 0 heterocycles. The van der Waals surface area contributed by atoms with E-state index in [0.717, 1.165) is 22.0 Å². The molecule has 0 aliphatic carbocycles. The van der Waals surface area contributed by atoms with Crippen molar-refractivity contribution >= 4 is 58.3 Å². The quantitative estimate of drug-likeness (QED) is 0.306. The number of hydrogen-bond acceptors (Lipinski definition) is 5. The van der Waals surface area contributed by atoms with Crippen LogP contribution in [0.1, 0.15) is 12.0 Å². The molecule has 1 atom stereocenters. The van der Waals surface area contributed by atoms with E-state index in [4.69, 9.17) is 33.7 Å². The number of amides is 2. The second-order valence-electron chi connectivity index (χ2n) is 7.09. The minimum absolute atomic E-state index is 0.153. The van der Waals surface area contributed by atoms with Crippen LogP contribution in [0.2, 0.25) is 10.0 Å². The standard InChI is InChI=1S/C19H21ClN2O3S.C6H6ClN/c1-26-12-11-17(18(23)21-16-9-7-15(20)8-10-16)22-19(24)25-13-14-5-3-2-4-6-14;7-5-1-3-6(8)4-2-5/h2-10,17H,11-13H2,1H3,(H,21,23)(H,22,24);1-4H,8H2/t17-;/m1./s1. The third kappa shape index (κ3) is 10.8. The van der Waals surface area contributed by atoms with Crippen LogP contribution >= 0.6 is 35.0 Å². The molecule has 6 nitrogen and oxygen atoms in total. The molecule has 0 bridgehead atoms. The van der Waals surface area contributed by atoms with Crippen LogP contribution in [0, 0.1) is 0 Å². The van der Waals surface area contributed by atoms with E-state index in [1.165, 1.54) is 0 Å². The summed E-state index contributed by atoms with van der Waals surface area (Å²) < 4.78 is 5.20. The predicted octanol–water partition coefficient (Wildman–Crippen LogP) is 6.25. The van der Waals surface area contributed by atoms with Gasteiger partial charge in [-0.15, -0.1) is 0 Å². The summed E-state index contributed by atoms with van der Waals surface area (Å²) in [5, 5.41) is 6.73. The molecule has 0 aliphatic heterocycles.